The predicted molar refractivity (Wildman–Crippen MR) is 38.9 cm³/mol. The summed E-state index contributed by atoms with van der Waals surface area (Å²) in [6.45, 7) is 0. The molecule has 1 heterocycles. The molecule has 0 saturated carbocycles. The zero-order chi connectivity index (χ0) is 5.28. The lowest BCUT2D eigenvalue weighted by Gasteiger charge is -1.78. The summed E-state index contributed by atoms with van der Waals surface area (Å²) >= 11 is 3.23. The molecule has 1 rings (SSSR count). The molecular weight excluding hydrogens is 218 g/mol. The van der Waals surface area contributed by atoms with Crippen molar-refractivity contribution < 1.29 is 0 Å². The first-order chi connectivity index (χ1) is 3.29. The van der Waals surface area contributed by atoms with E-state index in [2.05, 4.69) is 31.1 Å². The third-order valence-electron chi connectivity index (χ3n) is 0.673. The van der Waals surface area contributed by atoms with Gasteiger partial charge in [-0.15, -0.1) is 0 Å². The van der Waals surface area contributed by atoms with Crippen LogP contribution < -0.4 is 0 Å². The van der Waals surface area contributed by atoms with Crippen molar-refractivity contribution in [2.75, 3.05) is 0 Å². The quantitative estimate of drug-likeness (QED) is 0.442. The van der Waals surface area contributed by atoms with Gasteiger partial charge in [0.1, 0.15) is 3.70 Å². The molecule has 0 aliphatic rings. The normalized spacial score (nSPS) is 9.29. The van der Waals surface area contributed by atoms with Crippen molar-refractivity contribution in [3.63, 3.8) is 0 Å². The Bertz CT molecular complexity index is 145. The highest BCUT2D eigenvalue weighted by molar-refractivity contribution is 14.1. The van der Waals surface area contributed by atoms with E-state index in [9.17, 15) is 0 Å². The van der Waals surface area contributed by atoms with Crippen LogP contribution in [-0.4, -0.2) is 25.0 Å². The number of imidazole rings is 1. The molecule has 0 N–H and O–H groups in total. The lowest BCUT2D eigenvalue weighted by Crippen LogP contribution is -1.81. The Kier molecular flexibility index (Phi) is 1.73. The van der Waals surface area contributed by atoms with E-state index >= 15 is 0 Å². The molecule has 0 fully saturated rings. The second kappa shape index (κ2) is 2.16. The fourth-order valence-electron chi connectivity index (χ4n) is 0.381. The average molecular weight is 222 g/mol. The van der Waals surface area contributed by atoms with Crippen molar-refractivity contribution in [2.24, 2.45) is 0 Å². The zero-order valence-corrected chi connectivity index (χ0v) is 8.08. The third kappa shape index (κ3) is 1.44. The van der Waals surface area contributed by atoms with E-state index in [0.717, 1.165) is 20.2 Å². The highest BCUT2D eigenvalue weighted by Crippen LogP contribution is 1.95. The maximum atomic E-state index is 4.00. The number of hydrogen-bond donors (Lipinski definition) is 0. The van der Waals surface area contributed by atoms with Crippen molar-refractivity contribution in [3.05, 3.63) is 16.2 Å². The van der Waals surface area contributed by atoms with Crippen LogP contribution in [0.2, 0.25) is 0 Å². The Balaban J connectivity index is 3.04. The largest absolute Gasteiger partial charge is 0.436 e. The van der Waals surface area contributed by atoms with Crippen molar-refractivity contribution in [2.45, 2.75) is 0 Å². The molecule has 0 aliphatic carbocycles. The van der Waals surface area contributed by atoms with Gasteiger partial charge in [0.15, 0.2) is 0 Å². The molecule has 2 nitrogen and oxygen atoms in total. The molecule has 0 unspecified atom stereocenters. The second-order valence-corrected chi connectivity index (χ2v) is 3.50. The third-order valence-corrected chi connectivity index (χ3v) is 1.72. The summed E-state index contributed by atoms with van der Waals surface area (Å²) < 4.78 is 3.13. The van der Waals surface area contributed by atoms with Gasteiger partial charge in [0.05, 0.1) is 6.33 Å². The number of halogens is 1. The zero-order valence-electron chi connectivity index (χ0n) is 3.93. The van der Waals surface area contributed by atoms with Crippen molar-refractivity contribution in [1.82, 2.24) is 8.53 Å². The van der Waals surface area contributed by atoms with Crippen molar-refractivity contribution in [1.29, 1.82) is 0 Å². The Morgan fingerprint density at radius 3 is 2.71 bits per heavy atom. The Morgan fingerprint density at radius 1 is 1.86 bits per heavy atom. The maximum absolute atomic E-state index is 4.00. The van der Waals surface area contributed by atoms with Crippen molar-refractivity contribution in [3.8, 4) is 0 Å². The van der Waals surface area contributed by atoms with E-state index in [1.54, 1.807) is 0 Å². The summed E-state index contributed by atoms with van der Waals surface area (Å²) in [5, 5.41) is 0. The van der Waals surface area contributed by atoms with Crippen LogP contribution in [0, 0.1) is 3.70 Å². The van der Waals surface area contributed by atoms with Gasteiger partial charge in [0, 0.05) is 6.20 Å². The smallest absolute Gasteiger partial charge is 0.371 e. The van der Waals surface area contributed by atoms with Gasteiger partial charge < -0.3 is 3.55 Å². The maximum Gasteiger partial charge on any atom is 0.371 e. The number of nitrogens with zero attached hydrogens (tertiary/aromatic N) is 2. The van der Waals surface area contributed by atoms with Gasteiger partial charge in [-0.05, 0) is 22.6 Å². The van der Waals surface area contributed by atoms with Crippen LogP contribution >= 0.6 is 22.6 Å². The molecule has 1 aromatic rings. The molecule has 7 heavy (non-hydrogen) atoms. The fraction of sp³-hybridized carbons (Fsp3) is 0. The molecule has 4 heteroatoms. The first-order valence-electron chi connectivity index (χ1n) is 1.92. The molecule has 36 valence electrons. The summed E-state index contributed by atoms with van der Waals surface area (Å²) in [6, 6.07) is 0. The van der Waals surface area contributed by atoms with Crippen molar-refractivity contribution >= 4 is 39.1 Å². The van der Waals surface area contributed by atoms with Crippen LogP contribution in [0.5, 0.6) is 0 Å². The van der Waals surface area contributed by atoms with Gasteiger partial charge in [0.2, 0.25) is 0 Å². The van der Waals surface area contributed by atoms with Crippen LogP contribution in [0.15, 0.2) is 12.5 Å². The molecule has 0 aliphatic heterocycles. The van der Waals surface area contributed by atoms with Gasteiger partial charge in [-0.2, -0.15) is 0 Å². The monoisotopic (exact) mass is 222 g/mol. The second-order valence-electron chi connectivity index (χ2n) is 1.36. The number of rotatable bonds is 0. The van der Waals surface area contributed by atoms with Gasteiger partial charge >= 0.3 is 16.5 Å². The molecule has 0 saturated heterocycles. The molecule has 0 radical (unpaired) electrons. The minimum Gasteiger partial charge on any atom is -0.436 e. The van der Waals surface area contributed by atoms with Gasteiger partial charge in [-0.3, -0.25) is 0 Å². The molecule has 0 amide bonds. The van der Waals surface area contributed by atoms with Crippen LogP contribution in [0.3, 0.4) is 0 Å². The lowest BCUT2D eigenvalue weighted by molar-refractivity contribution is 1.21. The molecule has 0 spiro atoms. The molecule has 0 aromatic carbocycles. The topological polar surface area (TPSA) is 17.8 Å². The van der Waals surface area contributed by atoms with E-state index in [4.69, 9.17) is 0 Å². The lowest BCUT2D eigenvalue weighted by atomic mass is 11.0. The standard InChI is InChI=1S/C3H2IN2.Al.2H/c4-3-1-5-2-6-3;;;/h1-2H;;;/q-1;+1;;. The Labute approximate surface area is 63.7 Å². The predicted octanol–water partition coefficient (Wildman–Crippen LogP) is -0.116. The summed E-state index contributed by atoms with van der Waals surface area (Å²) in [4.78, 5) is 4.00. The SMILES string of the molecule is [AlH2][n]1cnc(I)c1. The summed E-state index contributed by atoms with van der Waals surface area (Å²) in [7, 11) is 0. The summed E-state index contributed by atoms with van der Waals surface area (Å²) in [5.41, 5.74) is 0. The van der Waals surface area contributed by atoms with E-state index in [1.165, 1.54) is 0 Å². The van der Waals surface area contributed by atoms with Crippen LogP contribution in [0.25, 0.3) is 0 Å². The van der Waals surface area contributed by atoms with Crippen LogP contribution in [0.4, 0.5) is 0 Å². The number of hydrogen-bond acceptors (Lipinski definition) is 1. The molecule has 0 bridgehead atoms. The molecular formula is C3H4AlIN2. The summed E-state index contributed by atoms with van der Waals surface area (Å²) in [5.74, 6) is 0. The van der Waals surface area contributed by atoms with E-state index in [1.807, 2.05) is 12.5 Å². The summed E-state index contributed by atoms with van der Waals surface area (Å²) in [6.07, 6.45) is 3.86. The van der Waals surface area contributed by atoms with Gasteiger partial charge in [-0.25, -0.2) is 4.98 Å². The molecule has 1 aromatic heterocycles. The minimum absolute atomic E-state index is 1.04. The Morgan fingerprint density at radius 2 is 2.57 bits per heavy atom. The highest BCUT2D eigenvalue weighted by Gasteiger charge is 1.83. The first-order valence-corrected chi connectivity index (χ1v) is 3.90. The average Bonchev–Trinajstić information content (AvgIpc) is 1.87. The van der Waals surface area contributed by atoms with Crippen LogP contribution in [-0.2, 0) is 0 Å². The van der Waals surface area contributed by atoms with E-state index in [0.29, 0.717) is 0 Å². The fourth-order valence-corrected chi connectivity index (χ4v) is 1.83. The van der Waals surface area contributed by atoms with Crippen LogP contribution in [0.1, 0.15) is 0 Å². The van der Waals surface area contributed by atoms with Gasteiger partial charge in [0.25, 0.3) is 0 Å². The van der Waals surface area contributed by atoms with E-state index < -0.39 is 0 Å². The Hall–Kier alpha value is 0.472. The van der Waals surface area contributed by atoms with E-state index in [-0.39, 0.29) is 0 Å². The minimum atomic E-state index is 1.04. The van der Waals surface area contributed by atoms with Gasteiger partial charge in [-0.1, -0.05) is 0 Å². The molecule has 0 atom stereocenters. The highest BCUT2D eigenvalue weighted by atomic mass is 127. The first kappa shape index (κ1) is 5.61. The number of aromatic nitrogens is 2.